The molecule has 21 heavy (non-hydrogen) atoms. The molecule has 0 saturated carbocycles. The average molecular weight is 275 g/mol. The van der Waals surface area contributed by atoms with Crippen molar-refractivity contribution in [3.8, 4) is 22.8 Å². The second-order valence-corrected chi connectivity index (χ2v) is 4.75. The van der Waals surface area contributed by atoms with Gasteiger partial charge in [-0.1, -0.05) is 67.5 Å². The van der Waals surface area contributed by atoms with Gasteiger partial charge in [0.2, 0.25) is 0 Å². The molecular weight excluding hydrogens is 261 g/mol. The molecule has 3 rings (SSSR count). The molecule has 0 aliphatic carbocycles. The Morgan fingerprint density at radius 2 is 1.14 bits per heavy atom. The summed E-state index contributed by atoms with van der Waals surface area (Å²) in [5, 5.41) is 9.81. The predicted molar refractivity (Wildman–Crippen MR) is 84.2 cm³/mol. The number of aromatic nitrogens is 3. The molecule has 3 aromatic rings. The lowest BCUT2D eigenvalue weighted by Crippen LogP contribution is -2.33. The molecule has 0 atom stereocenters. The van der Waals surface area contributed by atoms with Gasteiger partial charge < -0.3 is 5.02 Å². The van der Waals surface area contributed by atoms with Gasteiger partial charge in [0.25, 0.3) is 0 Å². The van der Waals surface area contributed by atoms with Gasteiger partial charge in [-0.3, -0.25) is 0 Å². The lowest BCUT2D eigenvalue weighted by atomic mass is 9.71. The molecule has 0 radical (unpaired) electrons. The van der Waals surface area contributed by atoms with Crippen molar-refractivity contribution in [1.82, 2.24) is 15.0 Å². The van der Waals surface area contributed by atoms with Crippen LogP contribution in [0, 0.1) is 0 Å². The van der Waals surface area contributed by atoms with Gasteiger partial charge in [0.1, 0.15) is 5.72 Å². The Labute approximate surface area is 123 Å². The summed E-state index contributed by atoms with van der Waals surface area (Å²) in [5.74, 6) is 1.14. The third-order valence-electron chi connectivity index (χ3n) is 3.09. The first-order chi connectivity index (χ1) is 10.2. The van der Waals surface area contributed by atoms with Crippen molar-refractivity contribution < 1.29 is 5.02 Å². The van der Waals surface area contributed by atoms with Crippen LogP contribution in [0.15, 0.2) is 60.7 Å². The fourth-order valence-electron chi connectivity index (χ4n) is 2.01. The molecule has 4 nitrogen and oxygen atoms in total. The Hall–Kier alpha value is -2.53. The van der Waals surface area contributed by atoms with Gasteiger partial charge >= 0.3 is 6.92 Å². The standard InChI is InChI=1S/C16H14BN3O/c1-17(21)16-19-14(12-8-4-2-5-9-12)18-15(20-16)13-10-6-3-7-11-13/h2-11,21H,1H3. The van der Waals surface area contributed by atoms with E-state index in [0.29, 0.717) is 17.4 Å². The van der Waals surface area contributed by atoms with Crippen LogP contribution in [0.4, 0.5) is 0 Å². The third kappa shape index (κ3) is 2.98. The van der Waals surface area contributed by atoms with Gasteiger partial charge in [-0.15, -0.1) is 0 Å². The van der Waals surface area contributed by atoms with Crippen LogP contribution < -0.4 is 5.72 Å². The van der Waals surface area contributed by atoms with Gasteiger partial charge in [0.15, 0.2) is 11.6 Å². The van der Waals surface area contributed by atoms with Crippen molar-refractivity contribution in [2.24, 2.45) is 0 Å². The molecule has 0 aliphatic heterocycles. The second kappa shape index (κ2) is 5.85. The normalized spacial score (nSPS) is 10.4. The summed E-state index contributed by atoms with van der Waals surface area (Å²) < 4.78 is 0. The van der Waals surface area contributed by atoms with E-state index in [1.54, 1.807) is 6.82 Å². The van der Waals surface area contributed by atoms with Crippen LogP contribution in [-0.2, 0) is 0 Å². The molecule has 0 spiro atoms. The Balaban J connectivity index is 2.16. The van der Waals surface area contributed by atoms with E-state index < -0.39 is 6.92 Å². The number of hydrogen-bond donors (Lipinski definition) is 1. The van der Waals surface area contributed by atoms with E-state index in [9.17, 15) is 5.02 Å². The predicted octanol–water partition coefficient (Wildman–Crippen LogP) is 2.03. The topological polar surface area (TPSA) is 58.9 Å². The number of benzene rings is 2. The van der Waals surface area contributed by atoms with E-state index in [2.05, 4.69) is 15.0 Å². The van der Waals surface area contributed by atoms with Gasteiger partial charge in [0, 0.05) is 11.1 Å². The van der Waals surface area contributed by atoms with Crippen LogP contribution in [0.3, 0.4) is 0 Å². The monoisotopic (exact) mass is 275 g/mol. The molecule has 1 N–H and O–H groups in total. The fraction of sp³-hybridized carbons (Fsp3) is 0.0625. The van der Waals surface area contributed by atoms with E-state index in [-0.39, 0.29) is 0 Å². The number of nitrogens with zero attached hydrogens (tertiary/aromatic N) is 3. The lowest BCUT2D eigenvalue weighted by Gasteiger charge is -2.08. The molecule has 0 bridgehead atoms. The van der Waals surface area contributed by atoms with E-state index >= 15 is 0 Å². The highest BCUT2D eigenvalue weighted by Crippen LogP contribution is 2.17. The molecule has 1 aromatic heterocycles. The molecule has 0 fully saturated rings. The first kappa shape index (κ1) is 13.5. The van der Waals surface area contributed by atoms with Crippen molar-refractivity contribution in [2.45, 2.75) is 6.82 Å². The molecule has 0 unspecified atom stereocenters. The quantitative estimate of drug-likeness (QED) is 0.743. The summed E-state index contributed by atoms with van der Waals surface area (Å²) in [6.07, 6.45) is 0. The molecule has 2 aromatic carbocycles. The Morgan fingerprint density at radius 1 is 0.714 bits per heavy atom. The van der Waals surface area contributed by atoms with Crippen LogP contribution in [0.1, 0.15) is 0 Å². The lowest BCUT2D eigenvalue weighted by molar-refractivity contribution is 0.590. The Morgan fingerprint density at radius 3 is 1.52 bits per heavy atom. The minimum atomic E-state index is -0.738. The van der Waals surface area contributed by atoms with Crippen molar-refractivity contribution in [3.05, 3.63) is 60.7 Å². The first-order valence-corrected chi connectivity index (χ1v) is 6.79. The SMILES string of the molecule is CB(O)c1nc(-c2ccccc2)nc(-c2ccccc2)n1. The first-order valence-electron chi connectivity index (χ1n) is 6.79. The molecule has 102 valence electrons. The molecule has 0 aliphatic rings. The van der Waals surface area contributed by atoms with Crippen molar-refractivity contribution in [3.63, 3.8) is 0 Å². The van der Waals surface area contributed by atoms with E-state index in [1.807, 2.05) is 60.7 Å². The van der Waals surface area contributed by atoms with Crippen LogP contribution >= 0.6 is 0 Å². The fourth-order valence-corrected chi connectivity index (χ4v) is 2.01. The summed E-state index contributed by atoms with van der Waals surface area (Å²) in [5.41, 5.74) is 2.18. The average Bonchev–Trinajstić information content (AvgIpc) is 2.56. The molecule has 0 saturated heterocycles. The van der Waals surface area contributed by atoms with Gasteiger partial charge in [-0.25, -0.2) is 15.0 Å². The Kier molecular flexibility index (Phi) is 3.75. The highest BCUT2D eigenvalue weighted by molar-refractivity contribution is 6.63. The van der Waals surface area contributed by atoms with Crippen LogP contribution in [0.25, 0.3) is 22.8 Å². The van der Waals surface area contributed by atoms with Crippen LogP contribution in [-0.4, -0.2) is 26.9 Å². The molecule has 0 amide bonds. The third-order valence-corrected chi connectivity index (χ3v) is 3.09. The summed E-state index contributed by atoms with van der Waals surface area (Å²) in [6.45, 7) is 0.914. The zero-order valence-electron chi connectivity index (χ0n) is 11.6. The van der Waals surface area contributed by atoms with E-state index in [1.165, 1.54) is 0 Å². The van der Waals surface area contributed by atoms with Crippen LogP contribution in [0.5, 0.6) is 0 Å². The van der Waals surface area contributed by atoms with E-state index in [4.69, 9.17) is 0 Å². The number of rotatable bonds is 3. The summed E-state index contributed by atoms with van der Waals surface area (Å²) >= 11 is 0. The van der Waals surface area contributed by atoms with Gasteiger partial charge in [0.05, 0.1) is 0 Å². The zero-order valence-corrected chi connectivity index (χ0v) is 11.6. The molecule has 1 heterocycles. The summed E-state index contributed by atoms with van der Waals surface area (Å²) in [4.78, 5) is 13.2. The van der Waals surface area contributed by atoms with E-state index in [0.717, 1.165) is 11.1 Å². The minimum Gasteiger partial charge on any atom is -0.444 e. The summed E-state index contributed by atoms with van der Waals surface area (Å²) in [6, 6.07) is 19.4. The summed E-state index contributed by atoms with van der Waals surface area (Å²) in [7, 11) is 0. The maximum absolute atomic E-state index is 9.81. The number of hydrogen-bond acceptors (Lipinski definition) is 4. The van der Waals surface area contributed by atoms with Crippen molar-refractivity contribution >= 4 is 12.6 Å². The highest BCUT2D eigenvalue weighted by atomic mass is 16.2. The largest absolute Gasteiger partial charge is 0.444 e. The van der Waals surface area contributed by atoms with Crippen molar-refractivity contribution in [1.29, 1.82) is 0 Å². The Bertz CT molecular complexity index is 675. The maximum Gasteiger partial charge on any atom is 0.365 e. The second-order valence-electron chi connectivity index (χ2n) is 4.75. The van der Waals surface area contributed by atoms with Gasteiger partial charge in [-0.2, -0.15) is 0 Å². The molecule has 5 heteroatoms. The minimum absolute atomic E-state index is 0.378. The zero-order chi connectivity index (χ0) is 14.7. The van der Waals surface area contributed by atoms with Crippen molar-refractivity contribution in [2.75, 3.05) is 0 Å². The maximum atomic E-state index is 9.81. The van der Waals surface area contributed by atoms with Gasteiger partial charge in [-0.05, 0) is 0 Å². The van der Waals surface area contributed by atoms with Crippen LogP contribution in [0.2, 0.25) is 6.82 Å². The highest BCUT2D eigenvalue weighted by Gasteiger charge is 2.16. The molecular formula is C16H14BN3O. The smallest absolute Gasteiger partial charge is 0.365 e.